The van der Waals surface area contributed by atoms with Crippen molar-refractivity contribution < 1.29 is 9.59 Å². The van der Waals surface area contributed by atoms with Gasteiger partial charge in [0.05, 0.1) is 11.9 Å². The summed E-state index contributed by atoms with van der Waals surface area (Å²) in [5.74, 6) is -0.168. The van der Waals surface area contributed by atoms with Crippen molar-refractivity contribution in [2.24, 2.45) is 7.05 Å². The smallest absolute Gasteiger partial charge is 0.271 e. The lowest BCUT2D eigenvalue weighted by atomic mass is 10.1. The summed E-state index contributed by atoms with van der Waals surface area (Å²) in [4.78, 5) is 35.8. The van der Waals surface area contributed by atoms with Crippen molar-refractivity contribution in [3.63, 3.8) is 0 Å². The molecule has 1 saturated heterocycles. The molecule has 2 aromatic heterocycles. The first-order chi connectivity index (χ1) is 14.4. The van der Waals surface area contributed by atoms with Gasteiger partial charge in [-0.1, -0.05) is 11.6 Å². The van der Waals surface area contributed by atoms with Crippen molar-refractivity contribution in [1.82, 2.24) is 24.8 Å². The molecule has 7 heteroatoms. The number of benzene rings is 1. The van der Waals surface area contributed by atoms with Crippen LogP contribution in [0.15, 0.2) is 36.7 Å². The van der Waals surface area contributed by atoms with Crippen LogP contribution in [-0.2, 0) is 7.05 Å². The second-order valence-electron chi connectivity index (χ2n) is 8.09. The largest absolute Gasteiger partial charge is 0.348 e. The average Bonchev–Trinajstić information content (AvgIpc) is 2.89. The standard InChI is InChI=1S/C23H27N5O2/c1-15-6-7-20-17(11-15)12-21(27(20)3)23(30)28-9-4-5-18(8-10-28)26-22(29)19-14-24-16(2)13-25-19/h6-7,11-14,18H,4-5,8-10H2,1-3H3,(H,26,29)/t18-/m0/s1. The van der Waals surface area contributed by atoms with Gasteiger partial charge in [-0.25, -0.2) is 4.98 Å². The first kappa shape index (κ1) is 20.1. The van der Waals surface area contributed by atoms with Crippen LogP contribution < -0.4 is 5.32 Å². The SMILES string of the molecule is Cc1ccc2c(c1)cc(C(=O)N1CCC[C@H](NC(=O)c3cnc(C)cn3)CC1)n2C. The summed E-state index contributed by atoms with van der Waals surface area (Å²) in [6.07, 6.45) is 5.50. The maximum absolute atomic E-state index is 13.2. The third-order valence-corrected chi connectivity index (χ3v) is 5.78. The Hall–Kier alpha value is -3.22. The number of amides is 2. The van der Waals surface area contributed by atoms with Gasteiger partial charge in [-0.15, -0.1) is 0 Å². The zero-order chi connectivity index (χ0) is 21.3. The Kier molecular flexibility index (Phi) is 5.53. The molecule has 1 aliphatic heterocycles. The third-order valence-electron chi connectivity index (χ3n) is 5.78. The molecule has 0 bridgehead atoms. The van der Waals surface area contributed by atoms with E-state index in [0.29, 0.717) is 24.5 Å². The molecule has 1 fully saturated rings. The van der Waals surface area contributed by atoms with Gasteiger partial charge in [0.25, 0.3) is 11.8 Å². The number of hydrogen-bond donors (Lipinski definition) is 1. The number of rotatable bonds is 3. The highest BCUT2D eigenvalue weighted by molar-refractivity contribution is 5.99. The van der Waals surface area contributed by atoms with Crippen molar-refractivity contribution in [2.45, 2.75) is 39.2 Å². The van der Waals surface area contributed by atoms with Crippen LogP contribution in [-0.4, -0.2) is 50.4 Å². The highest BCUT2D eigenvalue weighted by Crippen LogP contribution is 2.22. The zero-order valence-corrected chi connectivity index (χ0v) is 17.7. The van der Waals surface area contributed by atoms with Crippen LogP contribution in [0, 0.1) is 13.8 Å². The summed E-state index contributed by atoms with van der Waals surface area (Å²) in [5, 5.41) is 4.13. The second-order valence-corrected chi connectivity index (χ2v) is 8.09. The van der Waals surface area contributed by atoms with E-state index in [2.05, 4.69) is 40.4 Å². The summed E-state index contributed by atoms with van der Waals surface area (Å²) in [7, 11) is 1.94. The lowest BCUT2D eigenvalue weighted by Crippen LogP contribution is -2.37. The van der Waals surface area contributed by atoms with Gasteiger partial charge in [-0.2, -0.15) is 0 Å². The highest BCUT2D eigenvalue weighted by Gasteiger charge is 2.25. The van der Waals surface area contributed by atoms with E-state index in [1.54, 1.807) is 6.20 Å². The molecule has 0 unspecified atom stereocenters. The Morgan fingerprint density at radius 2 is 1.90 bits per heavy atom. The number of aromatic nitrogens is 3. The molecule has 0 saturated carbocycles. The topological polar surface area (TPSA) is 80.1 Å². The quantitative estimate of drug-likeness (QED) is 0.726. The molecule has 0 spiro atoms. The van der Waals surface area contributed by atoms with Crippen LogP contribution in [0.4, 0.5) is 0 Å². The molecule has 2 amide bonds. The Bertz CT molecular complexity index is 1090. The number of likely N-dealkylation sites (tertiary alicyclic amines) is 1. The van der Waals surface area contributed by atoms with E-state index in [-0.39, 0.29) is 17.9 Å². The molecule has 0 aliphatic carbocycles. The van der Waals surface area contributed by atoms with Gasteiger partial charge in [0.2, 0.25) is 0 Å². The maximum atomic E-state index is 13.2. The fraction of sp³-hybridized carbons (Fsp3) is 0.391. The van der Waals surface area contributed by atoms with Crippen LogP contribution in [0.25, 0.3) is 10.9 Å². The molecule has 156 valence electrons. The van der Waals surface area contributed by atoms with Crippen molar-refractivity contribution in [3.05, 3.63) is 59.3 Å². The van der Waals surface area contributed by atoms with E-state index in [4.69, 9.17) is 0 Å². The van der Waals surface area contributed by atoms with E-state index >= 15 is 0 Å². The summed E-state index contributed by atoms with van der Waals surface area (Å²) in [6.45, 7) is 5.20. The number of carbonyl (C=O) groups excluding carboxylic acids is 2. The monoisotopic (exact) mass is 405 g/mol. The van der Waals surface area contributed by atoms with E-state index < -0.39 is 0 Å². The van der Waals surface area contributed by atoms with E-state index in [9.17, 15) is 9.59 Å². The average molecular weight is 406 g/mol. The van der Waals surface area contributed by atoms with Gasteiger partial charge >= 0.3 is 0 Å². The van der Waals surface area contributed by atoms with Crippen molar-refractivity contribution in [1.29, 1.82) is 0 Å². The van der Waals surface area contributed by atoms with E-state index in [0.717, 1.165) is 35.9 Å². The molecule has 4 rings (SSSR count). The molecular weight excluding hydrogens is 378 g/mol. The molecule has 0 radical (unpaired) electrons. The Morgan fingerprint density at radius 1 is 1.07 bits per heavy atom. The zero-order valence-electron chi connectivity index (χ0n) is 17.7. The van der Waals surface area contributed by atoms with E-state index in [1.807, 2.05) is 29.5 Å². The van der Waals surface area contributed by atoms with E-state index in [1.165, 1.54) is 11.8 Å². The number of nitrogens with zero attached hydrogens (tertiary/aromatic N) is 4. The first-order valence-electron chi connectivity index (χ1n) is 10.4. The van der Waals surface area contributed by atoms with Crippen molar-refractivity contribution >= 4 is 22.7 Å². The molecule has 1 aromatic carbocycles. The number of fused-ring (bicyclic) bond motifs is 1. The Labute approximate surface area is 176 Å². The van der Waals surface area contributed by atoms with Gasteiger partial charge in [-0.3, -0.25) is 14.6 Å². The molecule has 3 heterocycles. The first-order valence-corrected chi connectivity index (χ1v) is 10.4. The predicted molar refractivity (Wildman–Crippen MR) is 115 cm³/mol. The predicted octanol–water partition coefficient (Wildman–Crippen LogP) is 3.01. The fourth-order valence-electron chi connectivity index (χ4n) is 4.05. The second kappa shape index (κ2) is 8.26. The number of hydrogen-bond acceptors (Lipinski definition) is 4. The maximum Gasteiger partial charge on any atom is 0.271 e. The molecule has 1 aliphatic rings. The normalized spacial score (nSPS) is 17.0. The summed E-state index contributed by atoms with van der Waals surface area (Å²) < 4.78 is 1.97. The molecule has 30 heavy (non-hydrogen) atoms. The lowest BCUT2D eigenvalue weighted by Gasteiger charge is -2.21. The Morgan fingerprint density at radius 3 is 2.67 bits per heavy atom. The number of aryl methyl sites for hydroxylation is 3. The van der Waals surface area contributed by atoms with Crippen LogP contribution in [0.3, 0.4) is 0 Å². The number of carbonyl (C=O) groups is 2. The van der Waals surface area contributed by atoms with Crippen LogP contribution in [0.1, 0.15) is 51.5 Å². The molecule has 1 atom stereocenters. The van der Waals surface area contributed by atoms with Gasteiger partial charge < -0.3 is 14.8 Å². The summed E-state index contributed by atoms with van der Waals surface area (Å²) in [6, 6.07) is 8.23. The molecule has 3 aromatic rings. The molecule has 7 nitrogen and oxygen atoms in total. The highest BCUT2D eigenvalue weighted by atomic mass is 16.2. The third kappa shape index (κ3) is 4.06. The summed E-state index contributed by atoms with van der Waals surface area (Å²) in [5.41, 5.74) is 4.04. The fourth-order valence-corrected chi connectivity index (χ4v) is 4.05. The van der Waals surface area contributed by atoms with Crippen molar-refractivity contribution in [3.8, 4) is 0 Å². The minimum atomic E-state index is -0.212. The van der Waals surface area contributed by atoms with Crippen LogP contribution in [0.2, 0.25) is 0 Å². The van der Waals surface area contributed by atoms with Gasteiger partial charge in [0, 0.05) is 43.3 Å². The van der Waals surface area contributed by atoms with Gasteiger partial charge in [0.15, 0.2) is 0 Å². The summed E-state index contributed by atoms with van der Waals surface area (Å²) >= 11 is 0. The minimum Gasteiger partial charge on any atom is -0.348 e. The lowest BCUT2D eigenvalue weighted by molar-refractivity contribution is 0.0751. The number of nitrogens with one attached hydrogen (secondary N) is 1. The Balaban J connectivity index is 1.42. The van der Waals surface area contributed by atoms with Crippen LogP contribution >= 0.6 is 0 Å². The molecule has 1 N–H and O–H groups in total. The van der Waals surface area contributed by atoms with Gasteiger partial charge in [0.1, 0.15) is 11.4 Å². The molecular formula is C23H27N5O2. The van der Waals surface area contributed by atoms with Crippen molar-refractivity contribution in [2.75, 3.05) is 13.1 Å². The minimum absolute atomic E-state index is 0.0218. The van der Waals surface area contributed by atoms with Crippen LogP contribution in [0.5, 0.6) is 0 Å². The van der Waals surface area contributed by atoms with Gasteiger partial charge in [-0.05, 0) is 51.3 Å².